The Labute approximate surface area is 176 Å². The summed E-state index contributed by atoms with van der Waals surface area (Å²) in [6, 6.07) is 19.5. The summed E-state index contributed by atoms with van der Waals surface area (Å²) in [7, 11) is 3.75. The van der Waals surface area contributed by atoms with Crippen LogP contribution in [0.4, 0.5) is 0 Å². The molecule has 1 heterocycles. The van der Waals surface area contributed by atoms with Crippen LogP contribution in [0.2, 0.25) is 5.02 Å². The number of para-hydroxylation sites is 1. The molecule has 1 amide bonds. The Hall–Kier alpha value is -2.79. The molecule has 5 nitrogen and oxygen atoms in total. The summed E-state index contributed by atoms with van der Waals surface area (Å²) in [6.07, 6.45) is 1.03. The minimum Gasteiger partial charge on any atom is -0.479 e. The smallest absolute Gasteiger partial charge is 0.263 e. The number of nitrogens with zero attached hydrogens (tertiary/aromatic N) is 3. The van der Waals surface area contributed by atoms with Gasteiger partial charge in [0.2, 0.25) is 0 Å². The molecule has 1 unspecified atom stereocenters. The number of amides is 1. The van der Waals surface area contributed by atoms with E-state index in [0.717, 1.165) is 29.8 Å². The van der Waals surface area contributed by atoms with Gasteiger partial charge in [0.15, 0.2) is 6.10 Å². The second-order valence-corrected chi connectivity index (χ2v) is 7.47. The van der Waals surface area contributed by atoms with Crippen LogP contribution in [-0.2, 0) is 18.3 Å². The van der Waals surface area contributed by atoms with E-state index in [1.807, 2.05) is 42.1 Å². The van der Waals surface area contributed by atoms with Crippen LogP contribution in [0.5, 0.6) is 5.75 Å². The number of benzene rings is 2. The van der Waals surface area contributed by atoms with Crippen molar-refractivity contribution in [3.8, 4) is 17.0 Å². The van der Waals surface area contributed by atoms with Crippen molar-refractivity contribution in [3.63, 3.8) is 0 Å². The monoisotopic (exact) mass is 411 g/mol. The van der Waals surface area contributed by atoms with Crippen LogP contribution in [0, 0.1) is 0 Å². The van der Waals surface area contributed by atoms with Crippen molar-refractivity contribution in [2.24, 2.45) is 7.05 Å². The van der Waals surface area contributed by atoms with Gasteiger partial charge in [-0.25, -0.2) is 0 Å². The van der Waals surface area contributed by atoms with E-state index in [4.69, 9.17) is 16.3 Å². The number of carbonyl (C=O) groups is 1. The SMILES string of the molecule is CC(Oc1ccccc1Cl)C(=O)N(C)CCCc1cc(-c2ccccc2)n(C)n1. The summed E-state index contributed by atoms with van der Waals surface area (Å²) in [6.45, 7) is 2.37. The highest BCUT2D eigenvalue weighted by atomic mass is 35.5. The molecule has 3 rings (SSSR count). The number of ether oxygens (including phenoxy) is 1. The quantitative estimate of drug-likeness (QED) is 0.544. The van der Waals surface area contributed by atoms with E-state index in [-0.39, 0.29) is 5.91 Å². The highest BCUT2D eigenvalue weighted by Gasteiger charge is 2.20. The van der Waals surface area contributed by atoms with E-state index in [0.29, 0.717) is 17.3 Å². The summed E-state index contributed by atoms with van der Waals surface area (Å²) in [4.78, 5) is 14.3. The maximum Gasteiger partial charge on any atom is 0.263 e. The molecule has 3 aromatic rings. The third-order valence-corrected chi connectivity index (χ3v) is 5.10. The fraction of sp³-hybridized carbons (Fsp3) is 0.304. The zero-order chi connectivity index (χ0) is 20.8. The predicted molar refractivity (Wildman–Crippen MR) is 116 cm³/mol. The first kappa shape index (κ1) is 20.9. The minimum absolute atomic E-state index is 0.0732. The van der Waals surface area contributed by atoms with Gasteiger partial charge in [-0.05, 0) is 43.5 Å². The third-order valence-electron chi connectivity index (χ3n) is 4.79. The van der Waals surface area contributed by atoms with E-state index < -0.39 is 6.10 Å². The van der Waals surface area contributed by atoms with Crippen molar-refractivity contribution in [2.75, 3.05) is 13.6 Å². The Morgan fingerprint density at radius 1 is 1.17 bits per heavy atom. The van der Waals surface area contributed by atoms with Gasteiger partial charge >= 0.3 is 0 Å². The van der Waals surface area contributed by atoms with E-state index in [9.17, 15) is 4.79 Å². The molecule has 0 saturated heterocycles. The normalized spacial score (nSPS) is 11.9. The molecule has 2 aromatic carbocycles. The van der Waals surface area contributed by atoms with Crippen molar-refractivity contribution in [1.82, 2.24) is 14.7 Å². The van der Waals surface area contributed by atoms with Crippen molar-refractivity contribution in [2.45, 2.75) is 25.9 Å². The fourth-order valence-corrected chi connectivity index (χ4v) is 3.41. The van der Waals surface area contributed by atoms with Gasteiger partial charge in [0.05, 0.1) is 16.4 Å². The van der Waals surface area contributed by atoms with Crippen molar-refractivity contribution < 1.29 is 9.53 Å². The number of rotatable bonds is 8. The number of hydrogen-bond donors (Lipinski definition) is 0. The van der Waals surface area contributed by atoms with Gasteiger partial charge < -0.3 is 9.64 Å². The molecule has 0 fully saturated rings. The maximum absolute atomic E-state index is 12.6. The molecule has 0 radical (unpaired) electrons. The molecule has 0 spiro atoms. The maximum atomic E-state index is 12.6. The Kier molecular flexibility index (Phi) is 6.94. The largest absolute Gasteiger partial charge is 0.479 e. The highest BCUT2D eigenvalue weighted by Crippen LogP contribution is 2.24. The van der Waals surface area contributed by atoms with Crippen LogP contribution >= 0.6 is 11.6 Å². The summed E-state index contributed by atoms with van der Waals surface area (Å²) in [5.74, 6) is 0.446. The Morgan fingerprint density at radius 3 is 2.59 bits per heavy atom. The first-order chi connectivity index (χ1) is 14.0. The second-order valence-electron chi connectivity index (χ2n) is 7.06. The predicted octanol–water partition coefficient (Wildman–Crippen LogP) is 4.60. The van der Waals surface area contributed by atoms with E-state index in [2.05, 4.69) is 23.3 Å². The molecule has 0 aliphatic rings. The lowest BCUT2D eigenvalue weighted by Crippen LogP contribution is -2.38. The first-order valence-electron chi connectivity index (χ1n) is 9.70. The highest BCUT2D eigenvalue weighted by molar-refractivity contribution is 6.32. The lowest BCUT2D eigenvalue weighted by Gasteiger charge is -2.22. The zero-order valence-corrected chi connectivity index (χ0v) is 17.8. The van der Waals surface area contributed by atoms with Crippen LogP contribution in [0.1, 0.15) is 19.0 Å². The summed E-state index contributed by atoms with van der Waals surface area (Å²) in [5, 5.41) is 5.10. The van der Waals surface area contributed by atoms with Gasteiger partial charge in [-0.1, -0.05) is 54.1 Å². The molecule has 0 aliphatic carbocycles. The van der Waals surface area contributed by atoms with Gasteiger partial charge in [-0.15, -0.1) is 0 Å². The summed E-state index contributed by atoms with van der Waals surface area (Å²) >= 11 is 6.10. The average molecular weight is 412 g/mol. The fourth-order valence-electron chi connectivity index (χ4n) is 3.23. The molecule has 0 aliphatic heterocycles. The number of halogens is 1. The van der Waals surface area contributed by atoms with Crippen molar-refractivity contribution >= 4 is 17.5 Å². The lowest BCUT2D eigenvalue weighted by molar-refractivity contribution is -0.136. The summed E-state index contributed by atoms with van der Waals surface area (Å²) < 4.78 is 7.62. The van der Waals surface area contributed by atoms with E-state index in [1.165, 1.54) is 0 Å². The zero-order valence-electron chi connectivity index (χ0n) is 17.0. The third kappa shape index (κ3) is 5.39. The van der Waals surface area contributed by atoms with Crippen LogP contribution < -0.4 is 4.74 Å². The summed E-state index contributed by atoms with van der Waals surface area (Å²) in [5.41, 5.74) is 3.26. The molecule has 6 heteroatoms. The molecular weight excluding hydrogens is 386 g/mol. The van der Waals surface area contributed by atoms with Gasteiger partial charge in [-0.2, -0.15) is 5.10 Å². The van der Waals surface area contributed by atoms with Crippen LogP contribution in [0.15, 0.2) is 60.7 Å². The van der Waals surface area contributed by atoms with Gasteiger partial charge in [-0.3, -0.25) is 9.48 Å². The molecule has 0 bridgehead atoms. The Morgan fingerprint density at radius 2 is 1.86 bits per heavy atom. The number of carbonyl (C=O) groups excluding carboxylic acids is 1. The second kappa shape index (κ2) is 9.61. The van der Waals surface area contributed by atoms with Crippen molar-refractivity contribution in [1.29, 1.82) is 0 Å². The lowest BCUT2D eigenvalue weighted by atomic mass is 10.1. The van der Waals surface area contributed by atoms with Gasteiger partial charge in [0, 0.05) is 20.6 Å². The van der Waals surface area contributed by atoms with E-state index in [1.54, 1.807) is 31.0 Å². The minimum atomic E-state index is -0.598. The van der Waals surface area contributed by atoms with Crippen LogP contribution in [-0.4, -0.2) is 40.3 Å². The van der Waals surface area contributed by atoms with E-state index >= 15 is 0 Å². The molecule has 152 valence electrons. The van der Waals surface area contributed by atoms with Gasteiger partial charge in [0.1, 0.15) is 5.75 Å². The van der Waals surface area contributed by atoms with Gasteiger partial charge in [0.25, 0.3) is 5.91 Å². The Bertz CT molecular complexity index is 956. The van der Waals surface area contributed by atoms with Crippen LogP contribution in [0.25, 0.3) is 11.3 Å². The molecule has 0 saturated carbocycles. The molecule has 1 aromatic heterocycles. The molecular formula is C23H26ClN3O2. The topological polar surface area (TPSA) is 47.4 Å². The van der Waals surface area contributed by atoms with Crippen molar-refractivity contribution in [3.05, 3.63) is 71.4 Å². The molecule has 29 heavy (non-hydrogen) atoms. The molecule has 1 atom stereocenters. The number of likely N-dealkylation sites (N-methyl/N-ethyl adjacent to an activating group) is 1. The first-order valence-corrected chi connectivity index (χ1v) is 10.1. The average Bonchev–Trinajstić information content (AvgIpc) is 3.10. The number of hydrogen-bond acceptors (Lipinski definition) is 3. The standard InChI is InChI=1S/C23H26ClN3O2/c1-17(29-22-14-8-7-13-20(22)24)23(28)26(2)15-9-12-19-16-21(27(3)25-19)18-10-5-4-6-11-18/h4-8,10-11,13-14,16-17H,9,12,15H2,1-3H3. The number of aromatic nitrogens is 2. The number of aryl methyl sites for hydroxylation is 2. The Balaban J connectivity index is 1.51. The van der Waals surface area contributed by atoms with Crippen LogP contribution in [0.3, 0.4) is 0 Å². The molecule has 0 N–H and O–H groups in total.